The second-order valence-corrected chi connectivity index (χ2v) is 11.2. The summed E-state index contributed by atoms with van der Waals surface area (Å²) in [5.41, 5.74) is 3.52. The Kier molecular flexibility index (Phi) is 8.14. The van der Waals surface area contributed by atoms with Crippen molar-refractivity contribution in [1.82, 2.24) is 9.58 Å². The van der Waals surface area contributed by atoms with Crippen LogP contribution in [0.25, 0.3) is 6.08 Å². The van der Waals surface area contributed by atoms with Crippen LogP contribution in [0.5, 0.6) is 5.75 Å². The first kappa shape index (κ1) is 26.1. The Balaban J connectivity index is 1.22. The first-order chi connectivity index (χ1) is 18.5. The van der Waals surface area contributed by atoms with Gasteiger partial charge in [-0.05, 0) is 65.6 Å². The number of aromatic nitrogens is 1. The summed E-state index contributed by atoms with van der Waals surface area (Å²) in [6.45, 7) is 5.50. The highest BCUT2D eigenvalue weighted by atomic mass is 32.2. The lowest BCUT2D eigenvalue weighted by atomic mass is 9.99. The van der Waals surface area contributed by atoms with E-state index in [9.17, 15) is 4.79 Å². The fraction of sp³-hybridized carbons (Fsp3) is 0.241. The van der Waals surface area contributed by atoms with E-state index < -0.39 is 5.91 Å². The minimum absolute atomic E-state index is 0.0354. The normalized spacial score (nSPS) is 16.9. The Morgan fingerprint density at radius 1 is 1.11 bits per heavy atom. The number of nitrogens with one attached hydrogen (secondary N) is 1. The molecule has 1 amide bonds. The maximum Gasteiger partial charge on any atom is 0.283 e. The second-order valence-electron chi connectivity index (χ2n) is 9.01. The minimum Gasteiger partial charge on any atom is -0.492 e. The zero-order valence-corrected chi connectivity index (χ0v) is 23.0. The lowest BCUT2D eigenvalue weighted by molar-refractivity contribution is -0.114. The van der Waals surface area contributed by atoms with E-state index in [4.69, 9.17) is 10.1 Å². The third-order valence-corrected chi connectivity index (χ3v) is 8.57. The van der Waals surface area contributed by atoms with Crippen molar-refractivity contribution >= 4 is 50.9 Å². The van der Waals surface area contributed by atoms with Crippen LogP contribution in [0.4, 0.5) is 0 Å². The van der Waals surface area contributed by atoms with Crippen molar-refractivity contribution in [2.45, 2.75) is 38.5 Å². The summed E-state index contributed by atoms with van der Waals surface area (Å²) in [6, 6.07) is 22.2. The summed E-state index contributed by atoms with van der Waals surface area (Å²) in [4.78, 5) is 17.1. The molecule has 1 aromatic heterocycles. The van der Waals surface area contributed by atoms with E-state index in [-0.39, 0.29) is 11.4 Å². The van der Waals surface area contributed by atoms with E-state index in [1.807, 2.05) is 53.2 Å². The summed E-state index contributed by atoms with van der Waals surface area (Å²) in [6.07, 6.45) is 4.76. The van der Waals surface area contributed by atoms with Crippen LogP contribution in [0.2, 0.25) is 0 Å². The van der Waals surface area contributed by atoms with Crippen molar-refractivity contribution < 1.29 is 9.53 Å². The number of hydrogen-bond acceptors (Lipinski definition) is 6. The van der Waals surface area contributed by atoms with Crippen LogP contribution in [0.3, 0.4) is 0 Å². The molecule has 0 saturated carbocycles. The van der Waals surface area contributed by atoms with E-state index in [0.717, 1.165) is 28.0 Å². The number of amidine groups is 2. The zero-order valence-electron chi connectivity index (χ0n) is 21.3. The van der Waals surface area contributed by atoms with Crippen molar-refractivity contribution in [3.63, 3.8) is 0 Å². The number of fused-ring (bicyclic) bond motifs is 1. The van der Waals surface area contributed by atoms with E-state index in [2.05, 4.69) is 48.2 Å². The predicted molar refractivity (Wildman–Crippen MR) is 158 cm³/mol. The Hall–Kier alpha value is -3.56. The van der Waals surface area contributed by atoms with Gasteiger partial charge >= 0.3 is 0 Å². The lowest BCUT2D eigenvalue weighted by Gasteiger charge is -2.20. The average molecular weight is 544 g/mol. The van der Waals surface area contributed by atoms with Crippen molar-refractivity contribution in [2.75, 3.05) is 6.61 Å². The van der Waals surface area contributed by atoms with Gasteiger partial charge < -0.3 is 9.30 Å². The number of amides is 1. The highest BCUT2D eigenvalue weighted by Crippen LogP contribution is 2.33. The maximum atomic E-state index is 12.8. The molecule has 0 fully saturated rings. The second kappa shape index (κ2) is 11.9. The zero-order chi connectivity index (χ0) is 26.5. The maximum absolute atomic E-state index is 12.8. The molecular weight excluding hydrogens is 514 g/mol. The molecule has 1 atom stereocenters. The number of rotatable bonds is 9. The third kappa shape index (κ3) is 5.95. The van der Waals surface area contributed by atoms with Gasteiger partial charge in [0, 0.05) is 17.6 Å². The molecule has 3 heterocycles. The molecule has 2 aromatic carbocycles. The molecule has 0 radical (unpaired) electrons. The van der Waals surface area contributed by atoms with Crippen LogP contribution in [-0.2, 0) is 17.1 Å². The highest BCUT2D eigenvalue weighted by molar-refractivity contribution is 8.45. The van der Waals surface area contributed by atoms with Gasteiger partial charge in [-0.1, -0.05) is 68.1 Å². The van der Waals surface area contributed by atoms with Crippen LogP contribution in [-0.4, -0.2) is 37.5 Å². The topological polar surface area (TPSA) is 83.0 Å². The van der Waals surface area contributed by atoms with Crippen molar-refractivity contribution in [2.24, 2.45) is 10.1 Å². The van der Waals surface area contributed by atoms with Gasteiger partial charge in [-0.15, -0.1) is 5.10 Å². The molecule has 7 nitrogen and oxygen atoms in total. The smallest absolute Gasteiger partial charge is 0.283 e. The van der Waals surface area contributed by atoms with Crippen molar-refractivity contribution in [3.8, 4) is 5.75 Å². The lowest BCUT2D eigenvalue weighted by Crippen LogP contribution is -2.35. The van der Waals surface area contributed by atoms with Gasteiger partial charge in [-0.3, -0.25) is 10.2 Å². The molecule has 1 unspecified atom stereocenters. The molecule has 0 bridgehead atoms. The number of thioether (sulfide) groups is 2. The highest BCUT2D eigenvalue weighted by Gasteiger charge is 2.36. The largest absolute Gasteiger partial charge is 0.492 e. The minimum atomic E-state index is -0.427. The number of hydrazone groups is 1. The first-order valence-corrected chi connectivity index (χ1v) is 14.4. The fourth-order valence-electron chi connectivity index (χ4n) is 4.05. The number of nitrogens with zero attached hydrogens (tertiary/aromatic N) is 4. The predicted octanol–water partition coefficient (Wildman–Crippen LogP) is 6.59. The van der Waals surface area contributed by atoms with Gasteiger partial charge in [0.2, 0.25) is 5.17 Å². The van der Waals surface area contributed by atoms with E-state index in [1.54, 1.807) is 17.8 Å². The van der Waals surface area contributed by atoms with Gasteiger partial charge in [0.25, 0.3) is 5.91 Å². The van der Waals surface area contributed by atoms with E-state index in [1.165, 1.54) is 27.9 Å². The molecule has 9 heteroatoms. The summed E-state index contributed by atoms with van der Waals surface area (Å²) in [5.74, 6) is 1.73. The number of ether oxygens (including phenoxy) is 1. The monoisotopic (exact) mass is 543 g/mol. The summed E-state index contributed by atoms with van der Waals surface area (Å²) in [7, 11) is 0. The quantitative estimate of drug-likeness (QED) is 0.308. The summed E-state index contributed by atoms with van der Waals surface area (Å²) < 4.78 is 8.73. The average Bonchev–Trinajstić information content (AvgIpc) is 3.57. The van der Waals surface area contributed by atoms with E-state index >= 15 is 0 Å². The van der Waals surface area contributed by atoms with Gasteiger partial charge in [0.15, 0.2) is 10.2 Å². The third-order valence-electron chi connectivity index (χ3n) is 6.46. The molecule has 0 aliphatic carbocycles. The van der Waals surface area contributed by atoms with Crippen LogP contribution in [0, 0.1) is 5.41 Å². The number of hydrogen-bond donors (Lipinski definition) is 1. The molecule has 2 aliphatic heterocycles. The molecule has 0 spiro atoms. The van der Waals surface area contributed by atoms with Crippen molar-refractivity contribution in [1.29, 1.82) is 5.41 Å². The molecule has 1 N–H and O–H groups in total. The molecule has 3 aromatic rings. The Bertz CT molecular complexity index is 1410. The molecule has 2 aliphatic rings. The van der Waals surface area contributed by atoms with Gasteiger partial charge in [-0.2, -0.15) is 10.0 Å². The number of benzene rings is 2. The number of aliphatic imine (C=N–C) groups is 1. The number of carbonyl (C=O) groups is 1. The van der Waals surface area contributed by atoms with Crippen LogP contribution in [0.15, 0.2) is 88.6 Å². The Morgan fingerprint density at radius 3 is 2.66 bits per heavy atom. The van der Waals surface area contributed by atoms with Crippen LogP contribution >= 0.6 is 23.5 Å². The van der Waals surface area contributed by atoms with Gasteiger partial charge in [0.05, 0.1) is 12.1 Å². The standard InChI is InChI=1S/C29H29N5O2S2/c1-3-20(2)22-11-13-24(14-12-22)36-17-16-33-15-7-10-23(33)18-25-26(30)34-28(31-27(25)35)38-29(32-34)37-19-21-8-5-4-6-9-21/h4-15,18,20,30H,3,16-17,19H2,1-2H3. The molecular formula is C29H29N5O2S2. The van der Waals surface area contributed by atoms with Crippen LogP contribution < -0.4 is 4.74 Å². The van der Waals surface area contributed by atoms with E-state index in [0.29, 0.717) is 24.2 Å². The van der Waals surface area contributed by atoms with Crippen LogP contribution in [0.1, 0.15) is 43.0 Å². The molecule has 194 valence electrons. The SMILES string of the molecule is CCC(C)c1ccc(OCCn2cccc2C=C2C(=N)N3N=C(SCc4ccccc4)SC3=NC2=O)cc1. The van der Waals surface area contributed by atoms with Gasteiger partial charge in [0.1, 0.15) is 12.4 Å². The van der Waals surface area contributed by atoms with Gasteiger partial charge in [-0.25, -0.2) is 0 Å². The molecule has 5 rings (SSSR count). The Morgan fingerprint density at radius 2 is 1.89 bits per heavy atom. The number of carbonyl (C=O) groups excluding carboxylic acids is 1. The summed E-state index contributed by atoms with van der Waals surface area (Å²) >= 11 is 2.90. The molecule has 38 heavy (non-hydrogen) atoms. The molecule has 0 saturated heterocycles. The fourth-order valence-corrected chi connectivity index (χ4v) is 5.94. The Labute approximate surface area is 231 Å². The summed E-state index contributed by atoms with van der Waals surface area (Å²) in [5, 5.41) is 15.1. The first-order valence-electron chi connectivity index (χ1n) is 12.6. The van der Waals surface area contributed by atoms with Crippen molar-refractivity contribution in [3.05, 3.63) is 95.3 Å².